The standard InChI is InChI=1S/C7H8N2/c1-6-3-2-4-7(5-6)9-8/h2-4H,5H2,1H3. The summed E-state index contributed by atoms with van der Waals surface area (Å²) in [7, 11) is 0. The average molecular weight is 120 g/mol. The monoisotopic (exact) mass is 120 g/mol. The lowest BCUT2D eigenvalue weighted by Crippen LogP contribution is -1.98. The summed E-state index contributed by atoms with van der Waals surface area (Å²) in [4.78, 5) is 3.09. The van der Waals surface area contributed by atoms with E-state index < -0.39 is 0 Å². The van der Waals surface area contributed by atoms with Crippen molar-refractivity contribution in [2.24, 2.45) is 0 Å². The molecule has 0 heterocycles. The molecule has 0 bridgehead atoms. The van der Waals surface area contributed by atoms with Crippen LogP contribution in [0.4, 0.5) is 0 Å². The van der Waals surface area contributed by atoms with Gasteiger partial charge in [-0.05, 0) is 6.92 Å². The van der Waals surface area contributed by atoms with E-state index in [2.05, 4.69) is 4.79 Å². The van der Waals surface area contributed by atoms with Crippen LogP contribution in [0.5, 0.6) is 0 Å². The first-order valence-electron chi connectivity index (χ1n) is 2.87. The quantitative estimate of drug-likeness (QED) is 0.343. The van der Waals surface area contributed by atoms with Crippen LogP contribution >= 0.6 is 0 Å². The van der Waals surface area contributed by atoms with Gasteiger partial charge in [-0.15, -0.1) is 0 Å². The normalized spacial score (nSPS) is 17.0. The fourth-order valence-corrected chi connectivity index (χ4v) is 0.796. The fraction of sp³-hybridized carbons (Fsp3) is 0.286. The maximum atomic E-state index is 8.32. The Labute approximate surface area is 54.1 Å². The highest BCUT2D eigenvalue weighted by atomic mass is 14.8. The van der Waals surface area contributed by atoms with E-state index >= 15 is 0 Å². The van der Waals surface area contributed by atoms with E-state index in [9.17, 15) is 0 Å². The Bertz CT molecular complexity index is 217. The smallest absolute Gasteiger partial charge is 0.296 e. The molecule has 0 saturated heterocycles. The second-order valence-corrected chi connectivity index (χ2v) is 2.14. The van der Waals surface area contributed by atoms with Gasteiger partial charge in [-0.25, -0.2) is 0 Å². The van der Waals surface area contributed by atoms with Crippen molar-refractivity contribution in [1.29, 1.82) is 0 Å². The Morgan fingerprint density at radius 3 is 2.89 bits per heavy atom. The van der Waals surface area contributed by atoms with Gasteiger partial charge in [0.15, 0.2) is 0 Å². The van der Waals surface area contributed by atoms with Gasteiger partial charge in [0.2, 0.25) is 0 Å². The van der Waals surface area contributed by atoms with Crippen LogP contribution in [-0.2, 0) is 0 Å². The van der Waals surface area contributed by atoms with E-state index in [1.807, 2.05) is 19.1 Å². The predicted molar refractivity (Wildman–Crippen MR) is 36.1 cm³/mol. The van der Waals surface area contributed by atoms with Crippen LogP contribution in [0, 0.1) is 0 Å². The molecule has 0 spiro atoms. The van der Waals surface area contributed by atoms with Gasteiger partial charge < -0.3 is 5.53 Å². The first-order valence-corrected chi connectivity index (χ1v) is 2.87. The minimum absolute atomic E-state index is 0.731. The van der Waals surface area contributed by atoms with E-state index in [1.54, 1.807) is 6.08 Å². The Balaban J connectivity index is 2.85. The van der Waals surface area contributed by atoms with Gasteiger partial charge in [-0.3, -0.25) is 0 Å². The molecule has 0 aromatic carbocycles. The molecule has 0 unspecified atom stereocenters. The average Bonchev–Trinajstić information content (AvgIpc) is 1.88. The summed E-state index contributed by atoms with van der Waals surface area (Å²) in [5.74, 6) is 0. The van der Waals surface area contributed by atoms with E-state index in [1.165, 1.54) is 5.57 Å². The zero-order chi connectivity index (χ0) is 6.69. The molecule has 0 atom stereocenters. The highest BCUT2D eigenvalue weighted by Crippen LogP contribution is 2.06. The summed E-state index contributed by atoms with van der Waals surface area (Å²) in [6, 6.07) is 0. The van der Waals surface area contributed by atoms with Crippen LogP contribution < -0.4 is 0 Å². The van der Waals surface area contributed by atoms with Crippen LogP contribution in [-0.4, -0.2) is 10.5 Å². The third-order valence-corrected chi connectivity index (χ3v) is 1.26. The molecule has 46 valence electrons. The third kappa shape index (κ3) is 1.37. The maximum Gasteiger partial charge on any atom is 0.296 e. The molecule has 2 heteroatoms. The number of hydrogen-bond donors (Lipinski definition) is 0. The summed E-state index contributed by atoms with van der Waals surface area (Å²) >= 11 is 0. The minimum Gasteiger partial charge on any atom is -0.361 e. The molecule has 0 N–H and O–H groups in total. The fourth-order valence-electron chi connectivity index (χ4n) is 0.796. The first-order chi connectivity index (χ1) is 4.33. The highest BCUT2D eigenvalue weighted by Gasteiger charge is 2.06. The van der Waals surface area contributed by atoms with E-state index in [0.717, 1.165) is 12.1 Å². The molecule has 0 fully saturated rings. The zero-order valence-electron chi connectivity index (χ0n) is 5.33. The third-order valence-electron chi connectivity index (χ3n) is 1.26. The lowest BCUT2D eigenvalue weighted by Gasteiger charge is -1.95. The highest BCUT2D eigenvalue weighted by molar-refractivity contribution is 5.93. The minimum atomic E-state index is 0.731. The molecule has 0 aromatic rings. The largest absolute Gasteiger partial charge is 0.361 e. The van der Waals surface area contributed by atoms with Crippen molar-refractivity contribution in [2.45, 2.75) is 13.3 Å². The second kappa shape index (κ2) is 2.42. The van der Waals surface area contributed by atoms with E-state index in [-0.39, 0.29) is 0 Å². The van der Waals surface area contributed by atoms with E-state index in [4.69, 9.17) is 5.53 Å². The Morgan fingerprint density at radius 2 is 2.44 bits per heavy atom. The summed E-state index contributed by atoms with van der Waals surface area (Å²) in [5.41, 5.74) is 10.3. The number of rotatable bonds is 0. The maximum absolute atomic E-state index is 8.32. The summed E-state index contributed by atoms with van der Waals surface area (Å²) in [6.45, 7) is 2.01. The number of nitrogens with zero attached hydrogens (tertiary/aromatic N) is 2. The van der Waals surface area contributed by atoms with Gasteiger partial charge in [-0.2, -0.15) is 4.79 Å². The van der Waals surface area contributed by atoms with Gasteiger partial charge in [-0.1, -0.05) is 17.7 Å². The number of hydrogen-bond acceptors (Lipinski definition) is 0. The van der Waals surface area contributed by atoms with Gasteiger partial charge in [0, 0.05) is 6.08 Å². The van der Waals surface area contributed by atoms with Gasteiger partial charge >= 0.3 is 0 Å². The van der Waals surface area contributed by atoms with Crippen LogP contribution in [0.2, 0.25) is 0 Å². The Kier molecular flexibility index (Phi) is 1.61. The lowest BCUT2D eigenvalue weighted by molar-refractivity contribution is -0.00558. The van der Waals surface area contributed by atoms with Crippen molar-refractivity contribution in [3.05, 3.63) is 29.3 Å². The summed E-state index contributed by atoms with van der Waals surface area (Å²) in [5, 5.41) is 0. The van der Waals surface area contributed by atoms with Crippen molar-refractivity contribution in [2.75, 3.05) is 0 Å². The van der Waals surface area contributed by atoms with Crippen molar-refractivity contribution in [3.8, 4) is 0 Å². The van der Waals surface area contributed by atoms with Crippen LogP contribution in [0.1, 0.15) is 13.3 Å². The summed E-state index contributed by atoms with van der Waals surface area (Å²) < 4.78 is 0. The van der Waals surface area contributed by atoms with Crippen LogP contribution in [0.3, 0.4) is 0 Å². The van der Waals surface area contributed by atoms with Crippen molar-refractivity contribution < 1.29 is 4.79 Å². The molecule has 1 rings (SSSR count). The predicted octanol–water partition coefficient (Wildman–Crippen LogP) is 1.56. The van der Waals surface area contributed by atoms with Crippen LogP contribution in [0.25, 0.3) is 5.53 Å². The van der Waals surface area contributed by atoms with Crippen molar-refractivity contribution >= 4 is 5.71 Å². The van der Waals surface area contributed by atoms with Crippen molar-refractivity contribution in [3.63, 3.8) is 0 Å². The van der Waals surface area contributed by atoms with E-state index in [0.29, 0.717) is 0 Å². The molecule has 0 radical (unpaired) electrons. The van der Waals surface area contributed by atoms with Gasteiger partial charge in [0.1, 0.15) is 0 Å². The topological polar surface area (TPSA) is 36.4 Å². The molecule has 1 aliphatic carbocycles. The van der Waals surface area contributed by atoms with Gasteiger partial charge in [0.25, 0.3) is 5.71 Å². The second-order valence-electron chi connectivity index (χ2n) is 2.14. The lowest BCUT2D eigenvalue weighted by atomic mass is 10.1. The molecule has 0 aliphatic heterocycles. The molecule has 0 aromatic heterocycles. The number of allylic oxidation sites excluding steroid dienone is 4. The molecular weight excluding hydrogens is 112 g/mol. The first kappa shape index (κ1) is 5.99. The molecule has 2 nitrogen and oxygen atoms in total. The summed E-state index contributed by atoms with van der Waals surface area (Å²) in [6.07, 6.45) is 6.46. The van der Waals surface area contributed by atoms with Crippen molar-refractivity contribution in [1.82, 2.24) is 0 Å². The molecular formula is C7H8N2. The molecule has 1 aliphatic rings. The molecule has 0 saturated carbocycles. The SMILES string of the molecule is CC1=CC=CC(=[N+]=[N-])C1. The molecule has 9 heavy (non-hydrogen) atoms. The molecule has 0 amide bonds. The van der Waals surface area contributed by atoms with Gasteiger partial charge in [0.05, 0.1) is 6.42 Å². The Morgan fingerprint density at radius 1 is 1.67 bits per heavy atom. The zero-order valence-corrected chi connectivity index (χ0v) is 5.33. The Hall–Kier alpha value is -1.14. The van der Waals surface area contributed by atoms with Crippen LogP contribution in [0.15, 0.2) is 23.8 Å².